The number of likely N-dealkylation sites (tertiary alicyclic amines) is 1. The van der Waals surface area contributed by atoms with Crippen molar-refractivity contribution >= 4 is 33.5 Å². The lowest BCUT2D eigenvalue weighted by Crippen LogP contribution is -2.48. The van der Waals surface area contributed by atoms with Crippen molar-refractivity contribution in [1.29, 1.82) is 0 Å². The first-order valence-corrected chi connectivity index (χ1v) is 12.5. The van der Waals surface area contributed by atoms with Crippen LogP contribution >= 0.6 is 0 Å². The summed E-state index contributed by atoms with van der Waals surface area (Å²) in [5.74, 6) is 0.718. The van der Waals surface area contributed by atoms with Crippen LogP contribution in [0.2, 0.25) is 0 Å². The molecule has 8 nitrogen and oxygen atoms in total. The first-order chi connectivity index (χ1) is 17.9. The van der Waals surface area contributed by atoms with Gasteiger partial charge in [-0.1, -0.05) is 18.2 Å². The van der Waals surface area contributed by atoms with E-state index in [0.29, 0.717) is 17.3 Å². The molecule has 9 heteroatoms. The van der Waals surface area contributed by atoms with Crippen molar-refractivity contribution < 1.29 is 9.18 Å². The second-order valence-electron chi connectivity index (χ2n) is 10.1. The third-order valence-corrected chi connectivity index (χ3v) is 7.81. The minimum Gasteiger partial charge on any atom is -0.350 e. The number of carbonyl (C=O) groups excluding carboxylic acids is 1. The van der Waals surface area contributed by atoms with Crippen molar-refractivity contribution in [3.63, 3.8) is 0 Å². The van der Waals surface area contributed by atoms with Crippen LogP contribution in [0, 0.1) is 12.7 Å². The molecule has 2 aliphatic rings. The summed E-state index contributed by atoms with van der Waals surface area (Å²) in [6.45, 7) is 5.23. The molecule has 0 radical (unpaired) electrons. The third-order valence-electron chi connectivity index (χ3n) is 7.81. The highest BCUT2D eigenvalue weighted by Crippen LogP contribution is 2.38. The Morgan fingerprint density at radius 3 is 2.62 bits per heavy atom. The van der Waals surface area contributed by atoms with Crippen LogP contribution in [-0.4, -0.2) is 60.5 Å². The Morgan fingerprint density at radius 2 is 1.89 bits per heavy atom. The van der Waals surface area contributed by atoms with Gasteiger partial charge in [-0.2, -0.15) is 10.2 Å². The largest absolute Gasteiger partial charge is 0.350 e. The van der Waals surface area contributed by atoms with Crippen molar-refractivity contribution in [3.05, 3.63) is 66.2 Å². The number of piperazine rings is 1. The molecule has 2 fully saturated rings. The molecule has 3 aromatic heterocycles. The number of halogens is 1. The number of para-hydroxylation sites is 1. The Bertz CT molecular complexity index is 1700. The maximum atomic E-state index is 15.3. The summed E-state index contributed by atoms with van der Waals surface area (Å²) in [5.41, 5.74) is 4.53. The maximum absolute atomic E-state index is 15.3. The molecule has 2 atom stereocenters. The van der Waals surface area contributed by atoms with Crippen LogP contribution in [0.3, 0.4) is 0 Å². The zero-order valence-corrected chi connectivity index (χ0v) is 20.9. The summed E-state index contributed by atoms with van der Waals surface area (Å²) in [6, 6.07) is 13.7. The Kier molecular flexibility index (Phi) is 4.67. The van der Waals surface area contributed by atoms with Gasteiger partial charge in [0.05, 0.1) is 35.0 Å². The predicted octanol–water partition coefficient (Wildman–Crippen LogP) is 4.23. The molecule has 0 N–H and O–H groups in total. The Labute approximate surface area is 212 Å². The number of anilines is 1. The number of hydrogen-bond donors (Lipinski definition) is 0. The highest BCUT2D eigenvalue weighted by atomic mass is 19.1. The fourth-order valence-electron chi connectivity index (χ4n) is 6.14. The molecule has 37 heavy (non-hydrogen) atoms. The predicted molar refractivity (Wildman–Crippen MR) is 140 cm³/mol. The molecule has 5 aromatic rings. The zero-order valence-electron chi connectivity index (χ0n) is 20.9. The molecular weight excluding hydrogens is 469 g/mol. The molecule has 0 aliphatic carbocycles. The molecule has 0 saturated carbocycles. The van der Waals surface area contributed by atoms with Crippen LogP contribution < -0.4 is 4.90 Å². The third kappa shape index (κ3) is 3.26. The molecule has 2 saturated heterocycles. The molecule has 2 bridgehead atoms. The van der Waals surface area contributed by atoms with Gasteiger partial charge in [0.2, 0.25) is 5.91 Å². The van der Waals surface area contributed by atoms with Gasteiger partial charge in [-0.3, -0.25) is 9.48 Å². The van der Waals surface area contributed by atoms with Gasteiger partial charge in [-0.15, -0.1) is 0 Å². The molecular formula is C28H26FN7O. The average molecular weight is 496 g/mol. The Balaban J connectivity index is 1.31. The smallest absolute Gasteiger partial charge is 0.219 e. The fraction of sp³-hybridized carbons (Fsp3) is 0.286. The number of amides is 1. The fourth-order valence-corrected chi connectivity index (χ4v) is 6.14. The monoisotopic (exact) mass is 495 g/mol. The minimum absolute atomic E-state index is 0.144. The quantitative estimate of drug-likeness (QED) is 0.375. The summed E-state index contributed by atoms with van der Waals surface area (Å²) in [4.78, 5) is 20.9. The van der Waals surface area contributed by atoms with Crippen LogP contribution in [0.25, 0.3) is 38.8 Å². The number of rotatable bonds is 3. The second-order valence-corrected chi connectivity index (χ2v) is 10.1. The van der Waals surface area contributed by atoms with Gasteiger partial charge in [-0.05, 0) is 43.2 Å². The van der Waals surface area contributed by atoms with Gasteiger partial charge < -0.3 is 9.80 Å². The first kappa shape index (κ1) is 22.0. The second kappa shape index (κ2) is 7.86. The summed E-state index contributed by atoms with van der Waals surface area (Å²) in [5, 5.41) is 11.0. The van der Waals surface area contributed by atoms with E-state index in [0.717, 1.165) is 58.4 Å². The topological polar surface area (TPSA) is 72.1 Å². The van der Waals surface area contributed by atoms with Crippen molar-refractivity contribution in [3.8, 4) is 16.9 Å². The SMILES string of the molecule is CC(=O)N1C[C@H]2C[C@@H]1CN2c1ccc(-n2nc(-c3c(F)ccc4nn(C)cc34)c3cccc(C)c32)cn1. The Morgan fingerprint density at radius 1 is 1.03 bits per heavy atom. The van der Waals surface area contributed by atoms with Gasteiger partial charge in [0.15, 0.2) is 0 Å². The van der Waals surface area contributed by atoms with E-state index < -0.39 is 0 Å². The summed E-state index contributed by atoms with van der Waals surface area (Å²) in [6.07, 6.45) is 4.65. The van der Waals surface area contributed by atoms with Crippen molar-refractivity contribution in [2.45, 2.75) is 32.4 Å². The molecule has 186 valence electrons. The molecule has 7 rings (SSSR count). The van der Waals surface area contributed by atoms with E-state index >= 15 is 4.39 Å². The molecule has 2 aromatic carbocycles. The number of carbonyl (C=O) groups is 1. The molecule has 0 unspecified atom stereocenters. The lowest BCUT2D eigenvalue weighted by Gasteiger charge is -2.34. The van der Waals surface area contributed by atoms with E-state index in [4.69, 9.17) is 10.1 Å². The van der Waals surface area contributed by atoms with E-state index in [1.54, 1.807) is 17.7 Å². The van der Waals surface area contributed by atoms with E-state index in [1.807, 2.05) is 66.3 Å². The molecule has 1 amide bonds. The lowest BCUT2D eigenvalue weighted by atomic mass is 10.0. The number of aromatic nitrogens is 5. The Hall–Kier alpha value is -4.27. The average Bonchev–Trinajstić information content (AvgIpc) is 3.66. The van der Waals surface area contributed by atoms with Crippen LogP contribution in [0.5, 0.6) is 0 Å². The van der Waals surface area contributed by atoms with Gasteiger partial charge in [-0.25, -0.2) is 14.1 Å². The number of benzene rings is 2. The summed E-state index contributed by atoms with van der Waals surface area (Å²) in [7, 11) is 1.83. The van der Waals surface area contributed by atoms with Crippen molar-refractivity contribution in [1.82, 2.24) is 29.4 Å². The molecule has 0 spiro atoms. The number of nitrogens with zero attached hydrogens (tertiary/aromatic N) is 7. The van der Waals surface area contributed by atoms with E-state index in [2.05, 4.69) is 10.00 Å². The van der Waals surface area contributed by atoms with Gasteiger partial charge in [0.25, 0.3) is 0 Å². The van der Waals surface area contributed by atoms with Crippen molar-refractivity contribution in [2.24, 2.45) is 7.05 Å². The normalized spacial score (nSPS) is 19.0. The molecule has 5 heterocycles. The minimum atomic E-state index is -0.328. The first-order valence-electron chi connectivity index (χ1n) is 12.5. The summed E-state index contributed by atoms with van der Waals surface area (Å²) < 4.78 is 18.9. The highest BCUT2D eigenvalue weighted by Gasteiger charge is 2.44. The number of aryl methyl sites for hydroxylation is 2. The van der Waals surface area contributed by atoms with Gasteiger partial charge >= 0.3 is 0 Å². The van der Waals surface area contributed by atoms with E-state index in [-0.39, 0.29) is 17.8 Å². The zero-order chi connectivity index (χ0) is 25.4. The van der Waals surface area contributed by atoms with Gasteiger partial charge in [0, 0.05) is 49.6 Å². The summed E-state index contributed by atoms with van der Waals surface area (Å²) >= 11 is 0. The van der Waals surface area contributed by atoms with Crippen LogP contribution in [-0.2, 0) is 11.8 Å². The van der Waals surface area contributed by atoms with Crippen LogP contribution in [0.4, 0.5) is 10.2 Å². The van der Waals surface area contributed by atoms with Crippen LogP contribution in [0.1, 0.15) is 18.9 Å². The number of fused-ring (bicyclic) bond motifs is 4. The number of pyridine rings is 1. The molecule has 2 aliphatic heterocycles. The van der Waals surface area contributed by atoms with Crippen LogP contribution in [0.15, 0.2) is 54.9 Å². The highest BCUT2D eigenvalue weighted by molar-refractivity contribution is 6.03. The maximum Gasteiger partial charge on any atom is 0.219 e. The lowest BCUT2D eigenvalue weighted by molar-refractivity contribution is -0.129. The van der Waals surface area contributed by atoms with Crippen molar-refractivity contribution in [2.75, 3.05) is 18.0 Å². The van der Waals surface area contributed by atoms with Gasteiger partial charge in [0.1, 0.15) is 17.3 Å². The van der Waals surface area contributed by atoms with E-state index in [1.165, 1.54) is 6.07 Å². The number of hydrogen-bond acceptors (Lipinski definition) is 5. The standard InChI is InChI=1S/C28H26FN7O/c1-16-5-4-6-21-27(26-22-15-33(3)31-24(22)9-8-23(26)29)32-36(28(16)21)18-7-10-25(30-12-18)35-14-19-11-20(35)13-34(19)17(2)37/h4-10,12,15,19-20H,11,13-14H2,1-3H3/t19-,20-/m1/s1. The van der Waals surface area contributed by atoms with E-state index in [9.17, 15) is 4.79 Å².